The lowest BCUT2D eigenvalue weighted by molar-refractivity contribution is -0.724. The van der Waals surface area contributed by atoms with Gasteiger partial charge in [-0.1, -0.05) is 46.2 Å². The van der Waals surface area contributed by atoms with E-state index in [1.54, 1.807) is 0 Å². The molecule has 2 aromatic carbocycles. The van der Waals surface area contributed by atoms with Gasteiger partial charge in [-0.25, -0.2) is 4.39 Å². The van der Waals surface area contributed by atoms with Crippen LogP contribution >= 0.6 is 0 Å². The number of benzene rings is 2. The van der Waals surface area contributed by atoms with Gasteiger partial charge < -0.3 is 0 Å². The second-order valence-corrected chi connectivity index (χ2v) is 9.03. The number of rotatable bonds is 6. The molecule has 1 aliphatic heterocycles. The first-order valence-electron chi connectivity index (χ1n) is 11.8. The number of fused-ring (bicyclic) bond motifs is 5. The van der Waals surface area contributed by atoms with Gasteiger partial charge in [-0.05, 0) is 72.9 Å². The van der Waals surface area contributed by atoms with Crippen molar-refractivity contribution in [2.24, 2.45) is 0 Å². The van der Waals surface area contributed by atoms with Crippen LogP contribution < -0.4 is 4.57 Å². The van der Waals surface area contributed by atoms with Crippen LogP contribution in [0.4, 0.5) is 4.39 Å². The summed E-state index contributed by atoms with van der Waals surface area (Å²) in [5.41, 5.74) is 5.78. The van der Waals surface area contributed by atoms with Gasteiger partial charge in [-0.15, -0.1) is 0 Å². The van der Waals surface area contributed by atoms with Crippen molar-refractivity contribution in [3.05, 3.63) is 65.1 Å². The smallest absolute Gasteiger partial charge is 0.207 e. The minimum Gasteiger partial charge on any atom is -0.207 e. The summed E-state index contributed by atoms with van der Waals surface area (Å²) in [6.45, 7) is 10.9. The lowest BCUT2D eigenvalue weighted by Crippen LogP contribution is -2.55. The standard InChI is InChI=1S/C28H35FN/c1-6-10-11-20-12-13-22-21(17-20)14-15-30-26(7-2)28(8-3,9-4)24-18-25(29)19(5)16-23(24)27(22)30/h12-18,26H,6-11H2,1-5H3/q+1. The van der Waals surface area contributed by atoms with Crippen LogP contribution in [0, 0.1) is 12.7 Å². The molecular formula is C28H35FN+. The molecule has 0 N–H and O–H groups in total. The Labute approximate surface area is 181 Å². The molecule has 0 saturated heterocycles. The third kappa shape index (κ3) is 3.07. The Balaban J connectivity index is 2.04. The molecule has 0 radical (unpaired) electrons. The van der Waals surface area contributed by atoms with Crippen molar-refractivity contribution in [3.63, 3.8) is 0 Å². The van der Waals surface area contributed by atoms with Crippen molar-refractivity contribution in [2.45, 2.75) is 84.6 Å². The van der Waals surface area contributed by atoms with E-state index < -0.39 is 0 Å². The van der Waals surface area contributed by atoms with Crippen LogP contribution in [0.25, 0.3) is 22.0 Å². The Bertz CT molecular complexity index is 1080. The fraction of sp³-hybridized carbons (Fsp3) is 0.464. The van der Waals surface area contributed by atoms with Gasteiger partial charge in [-0.3, -0.25) is 0 Å². The van der Waals surface area contributed by atoms with E-state index in [-0.39, 0.29) is 11.2 Å². The average molecular weight is 405 g/mol. The number of unbranched alkanes of at least 4 members (excludes halogenated alkanes) is 1. The van der Waals surface area contributed by atoms with Crippen LogP contribution in [0.3, 0.4) is 0 Å². The number of aromatic nitrogens is 1. The van der Waals surface area contributed by atoms with E-state index in [2.05, 4.69) is 68.8 Å². The van der Waals surface area contributed by atoms with E-state index in [0.29, 0.717) is 6.04 Å². The van der Waals surface area contributed by atoms with E-state index in [1.165, 1.54) is 46.0 Å². The van der Waals surface area contributed by atoms with Crippen LogP contribution in [0.5, 0.6) is 0 Å². The quantitative estimate of drug-likeness (QED) is 0.372. The zero-order valence-corrected chi connectivity index (χ0v) is 19.2. The predicted octanol–water partition coefficient (Wildman–Crippen LogP) is 7.61. The monoisotopic (exact) mass is 404 g/mol. The van der Waals surface area contributed by atoms with Gasteiger partial charge in [-0.2, -0.15) is 4.57 Å². The fourth-order valence-corrected chi connectivity index (χ4v) is 5.84. The highest BCUT2D eigenvalue weighted by Crippen LogP contribution is 2.50. The molecule has 4 rings (SSSR count). The van der Waals surface area contributed by atoms with Crippen molar-refractivity contribution >= 4 is 10.8 Å². The summed E-state index contributed by atoms with van der Waals surface area (Å²) < 4.78 is 17.3. The molecule has 0 saturated carbocycles. The predicted molar refractivity (Wildman–Crippen MR) is 124 cm³/mol. The minimum absolute atomic E-state index is 0.0367. The molecule has 1 nitrogen and oxygen atoms in total. The highest BCUT2D eigenvalue weighted by molar-refractivity contribution is 5.94. The molecule has 1 aliphatic rings. The fourth-order valence-electron chi connectivity index (χ4n) is 5.84. The molecule has 2 heteroatoms. The molecule has 1 atom stereocenters. The highest BCUT2D eigenvalue weighted by Gasteiger charge is 2.49. The van der Waals surface area contributed by atoms with Crippen molar-refractivity contribution in [2.75, 3.05) is 0 Å². The van der Waals surface area contributed by atoms with E-state index in [9.17, 15) is 4.39 Å². The molecule has 3 aromatic rings. The summed E-state index contributed by atoms with van der Waals surface area (Å²) >= 11 is 0. The number of nitrogens with zero attached hydrogens (tertiary/aromatic N) is 1. The zero-order chi connectivity index (χ0) is 21.5. The SMILES string of the molecule is CCCCc1ccc2c3[n+](ccc2c1)C(CC)C(CC)(CC)c1cc(F)c(C)cc1-3. The Kier molecular flexibility index (Phi) is 5.70. The molecule has 1 unspecified atom stereocenters. The summed E-state index contributed by atoms with van der Waals surface area (Å²) in [5.74, 6) is -0.0783. The van der Waals surface area contributed by atoms with Crippen LogP contribution in [0.15, 0.2) is 42.6 Å². The molecule has 0 fully saturated rings. The van der Waals surface area contributed by atoms with Crippen LogP contribution in [0.1, 0.15) is 82.5 Å². The molecule has 0 aliphatic carbocycles. The van der Waals surface area contributed by atoms with Crippen LogP contribution in [0.2, 0.25) is 0 Å². The number of hydrogen-bond donors (Lipinski definition) is 0. The third-order valence-electron chi connectivity index (χ3n) is 7.58. The number of pyridine rings is 1. The lowest BCUT2D eigenvalue weighted by Gasteiger charge is -2.41. The van der Waals surface area contributed by atoms with Crippen LogP contribution in [-0.2, 0) is 11.8 Å². The van der Waals surface area contributed by atoms with E-state index in [4.69, 9.17) is 0 Å². The van der Waals surface area contributed by atoms with Crippen LogP contribution in [-0.4, -0.2) is 0 Å². The van der Waals surface area contributed by atoms with Gasteiger partial charge in [0.1, 0.15) is 5.82 Å². The van der Waals surface area contributed by atoms with Gasteiger partial charge in [0.2, 0.25) is 5.69 Å². The van der Waals surface area contributed by atoms with Crippen molar-refractivity contribution < 1.29 is 8.96 Å². The Morgan fingerprint density at radius 2 is 1.77 bits per heavy atom. The lowest BCUT2D eigenvalue weighted by atomic mass is 9.65. The largest absolute Gasteiger partial charge is 0.220 e. The minimum atomic E-state index is -0.0783. The molecule has 158 valence electrons. The molecule has 0 bridgehead atoms. The second-order valence-electron chi connectivity index (χ2n) is 9.03. The zero-order valence-electron chi connectivity index (χ0n) is 19.2. The summed E-state index contributed by atoms with van der Waals surface area (Å²) in [5, 5.41) is 2.57. The maximum Gasteiger partial charge on any atom is 0.220 e. The van der Waals surface area contributed by atoms with E-state index in [0.717, 1.165) is 31.2 Å². The molecular weight excluding hydrogens is 369 g/mol. The van der Waals surface area contributed by atoms with Crippen molar-refractivity contribution in [1.82, 2.24) is 0 Å². The maximum absolute atomic E-state index is 14.8. The average Bonchev–Trinajstić information content (AvgIpc) is 2.77. The van der Waals surface area contributed by atoms with E-state index >= 15 is 0 Å². The van der Waals surface area contributed by atoms with Crippen molar-refractivity contribution in [3.8, 4) is 11.3 Å². The normalized spacial score (nSPS) is 17.1. The van der Waals surface area contributed by atoms with Crippen molar-refractivity contribution in [1.29, 1.82) is 0 Å². The number of halogens is 1. The Morgan fingerprint density at radius 1 is 1.00 bits per heavy atom. The van der Waals surface area contributed by atoms with Gasteiger partial charge in [0.05, 0.1) is 16.4 Å². The topological polar surface area (TPSA) is 3.88 Å². The summed E-state index contributed by atoms with van der Waals surface area (Å²) in [6.07, 6.45) is 8.91. The Morgan fingerprint density at radius 3 is 2.43 bits per heavy atom. The summed E-state index contributed by atoms with van der Waals surface area (Å²) in [6, 6.07) is 13.5. The first kappa shape index (κ1) is 21.0. The summed E-state index contributed by atoms with van der Waals surface area (Å²) in [7, 11) is 0. The molecule has 2 heterocycles. The summed E-state index contributed by atoms with van der Waals surface area (Å²) in [4.78, 5) is 0. The third-order valence-corrected chi connectivity index (χ3v) is 7.58. The highest BCUT2D eigenvalue weighted by atomic mass is 19.1. The number of aryl methyl sites for hydroxylation is 2. The molecule has 1 aromatic heterocycles. The second kappa shape index (κ2) is 8.13. The molecule has 0 amide bonds. The first-order valence-corrected chi connectivity index (χ1v) is 11.8. The van der Waals surface area contributed by atoms with Gasteiger partial charge in [0.15, 0.2) is 12.2 Å². The molecule has 0 spiro atoms. The van der Waals surface area contributed by atoms with Gasteiger partial charge >= 0.3 is 0 Å². The first-order chi connectivity index (χ1) is 14.5. The molecule has 30 heavy (non-hydrogen) atoms. The van der Waals surface area contributed by atoms with E-state index in [1.807, 2.05) is 13.0 Å². The Hall–Kier alpha value is -2.22. The van der Waals surface area contributed by atoms with Gasteiger partial charge in [0.25, 0.3) is 0 Å². The maximum atomic E-state index is 14.8. The number of hydrogen-bond acceptors (Lipinski definition) is 0. The van der Waals surface area contributed by atoms with Gasteiger partial charge in [0, 0.05) is 12.5 Å².